The average molecular weight is 279 g/mol. The highest BCUT2D eigenvalue weighted by Crippen LogP contribution is 2.28. The molecule has 0 N–H and O–H groups in total. The highest BCUT2D eigenvalue weighted by molar-refractivity contribution is 5.97. The van der Waals surface area contributed by atoms with Crippen LogP contribution in [0, 0.1) is 12.7 Å². The Morgan fingerprint density at radius 1 is 1.40 bits per heavy atom. The molecular weight excluding hydrogens is 261 g/mol. The Labute approximate surface area is 117 Å². The third kappa shape index (κ3) is 3.35. The van der Waals surface area contributed by atoms with E-state index in [2.05, 4.69) is 0 Å². The number of carbonyl (C=O) groups excluding carboxylic acids is 2. The lowest BCUT2D eigenvalue weighted by Gasteiger charge is -2.22. The van der Waals surface area contributed by atoms with Crippen LogP contribution < -0.4 is 0 Å². The number of amides is 1. The molecule has 0 heterocycles. The van der Waals surface area contributed by atoms with Crippen molar-refractivity contribution in [2.75, 3.05) is 13.2 Å². The number of ether oxygens (including phenoxy) is 1. The zero-order chi connectivity index (χ0) is 14.7. The number of benzene rings is 1. The van der Waals surface area contributed by atoms with E-state index in [0.29, 0.717) is 17.7 Å². The first-order chi connectivity index (χ1) is 9.52. The summed E-state index contributed by atoms with van der Waals surface area (Å²) in [5.41, 5.74) is 1.01. The maximum Gasteiger partial charge on any atom is 0.325 e. The van der Waals surface area contributed by atoms with Gasteiger partial charge in [-0.15, -0.1) is 0 Å². The molecule has 1 aliphatic rings. The van der Waals surface area contributed by atoms with Crippen molar-refractivity contribution in [1.29, 1.82) is 0 Å². The Balaban J connectivity index is 2.16. The fourth-order valence-corrected chi connectivity index (χ4v) is 2.12. The fourth-order valence-electron chi connectivity index (χ4n) is 2.12. The number of carbonyl (C=O) groups is 2. The van der Waals surface area contributed by atoms with Crippen molar-refractivity contribution in [1.82, 2.24) is 4.90 Å². The monoisotopic (exact) mass is 279 g/mol. The van der Waals surface area contributed by atoms with E-state index in [0.717, 1.165) is 12.8 Å². The van der Waals surface area contributed by atoms with Crippen LogP contribution in [0.4, 0.5) is 4.39 Å². The van der Waals surface area contributed by atoms with E-state index in [-0.39, 0.29) is 24.3 Å². The molecular formula is C15H18FNO3. The Kier molecular flexibility index (Phi) is 4.37. The molecule has 5 heteroatoms. The molecule has 1 aliphatic carbocycles. The molecule has 0 aliphatic heterocycles. The molecule has 0 spiro atoms. The first-order valence-electron chi connectivity index (χ1n) is 6.75. The summed E-state index contributed by atoms with van der Waals surface area (Å²) in [5, 5.41) is 0. The lowest BCUT2D eigenvalue weighted by atomic mass is 10.1. The summed E-state index contributed by atoms with van der Waals surface area (Å²) in [7, 11) is 0. The molecule has 0 unspecified atom stereocenters. The van der Waals surface area contributed by atoms with Gasteiger partial charge in [0.1, 0.15) is 12.4 Å². The predicted octanol–water partition coefficient (Wildman–Crippen LogP) is 2.30. The van der Waals surface area contributed by atoms with E-state index >= 15 is 0 Å². The summed E-state index contributed by atoms with van der Waals surface area (Å²) in [6, 6.07) is 4.14. The molecule has 1 amide bonds. The molecule has 1 saturated carbocycles. The molecule has 0 saturated heterocycles. The minimum Gasteiger partial charge on any atom is -0.465 e. The average Bonchev–Trinajstić information content (AvgIpc) is 3.20. The first-order valence-corrected chi connectivity index (χ1v) is 6.75. The molecule has 1 fully saturated rings. The molecule has 0 radical (unpaired) electrons. The quantitative estimate of drug-likeness (QED) is 0.777. The van der Waals surface area contributed by atoms with Gasteiger partial charge in [0.2, 0.25) is 0 Å². The maximum absolute atomic E-state index is 13.1. The Morgan fingerprint density at radius 2 is 2.10 bits per heavy atom. The molecule has 20 heavy (non-hydrogen) atoms. The van der Waals surface area contributed by atoms with Crippen LogP contribution in [0.1, 0.15) is 35.7 Å². The van der Waals surface area contributed by atoms with Crippen LogP contribution in [0.3, 0.4) is 0 Å². The van der Waals surface area contributed by atoms with Gasteiger partial charge in [0.15, 0.2) is 0 Å². The molecule has 0 aromatic heterocycles. The SMILES string of the molecule is CCOC(=O)CN(C(=O)c1ccc(F)cc1C)C1CC1. The van der Waals surface area contributed by atoms with E-state index in [9.17, 15) is 14.0 Å². The van der Waals surface area contributed by atoms with Gasteiger partial charge in [-0.25, -0.2) is 4.39 Å². The normalized spacial score (nSPS) is 13.9. The fraction of sp³-hybridized carbons (Fsp3) is 0.467. The Bertz CT molecular complexity index is 526. The first kappa shape index (κ1) is 14.5. The van der Waals surface area contributed by atoms with Crippen molar-refractivity contribution in [3.63, 3.8) is 0 Å². The topological polar surface area (TPSA) is 46.6 Å². The number of hydrogen-bond acceptors (Lipinski definition) is 3. The van der Waals surface area contributed by atoms with E-state index in [1.54, 1.807) is 13.8 Å². The third-order valence-electron chi connectivity index (χ3n) is 3.27. The largest absolute Gasteiger partial charge is 0.465 e. The number of esters is 1. The van der Waals surface area contributed by atoms with Crippen LogP contribution in [0.15, 0.2) is 18.2 Å². The second-order valence-corrected chi connectivity index (χ2v) is 4.93. The molecule has 0 atom stereocenters. The lowest BCUT2D eigenvalue weighted by molar-refractivity contribution is -0.144. The minimum atomic E-state index is -0.410. The van der Waals surface area contributed by atoms with Crippen molar-refractivity contribution < 1.29 is 18.7 Å². The third-order valence-corrected chi connectivity index (χ3v) is 3.27. The number of halogens is 1. The minimum absolute atomic E-state index is 0.0475. The van der Waals surface area contributed by atoms with Gasteiger partial charge in [0, 0.05) is 11.6 Å². The maximum atomic E-state index is 13.1. The number of aryl methyl sites for hydroxylation is 1. The van der Waals surface area contributed by atoms with E-state index in [1.807, 2.05) is 0 Å². The second kappa shape index (κ2) is 6.03. The van der Waals surface area contributed by atoms with Crippen LogP contribution in [-0.2, 0) is 9.53 Å². The summed E-state index contributed by atoms with van der Waals surface area (Å²) >= 11 is 0. The molecule has 2 rings (SSSR count). The van der Waals surface area contributed by atoms with Crippen LogP contribution in [-0.4, -0.2) is 36.0 Å². The molecule has 108 valence electrons. The zero-order valence-electron chi connectivity index (χ0n) is 11.7. The van der Waals surface area contributed by atoms with Gasteiger partial charge in [-0.1, -0.05) is 0 Å². The van der Waals surface area contributed by atoms with Crippen molar-refractivity contribution in [2.24, 2.45) is 0 Å². The molecule has 1 aromatic carbocycles. The summed E-state index contributed by atoms with van der Waals surface area (Å²) in [6.07, 6.45) is 1.79. The second-order valence-electron chi connectivity index (χ2n) is 4.93. The summed E-state index contributed by atoms with van der Waals surface area (Å²) in [5.74, 6) is -1.02. The van der Waals surface area contributed by atoms with E-state index in [4.69, 9.17) is 4.74 Å². The number of rotatable bonds is 5. The van der Waals surface area contributed by atoms with Crippen LogP contribution >= 0.6 is 0 Å². The molecule has 1 aromatic rings. The van der Waals surface area contributed by atoms with Crippen LogP contribution in [0.25, 0.3) is 0 Å². The Hall–Kier alpha value is -1.91. The van der Waals surface area contributed by atoms with Gasteiger partial charge in [0.25, 0.3) is 5.91 Å². The number of hydrogen-bond donors (Lipinski definition) is 0. The summed E-state index contributed by atoms with van der Waals surface area (Å²) < 4.78 is 18.0. The molecule has 4 nitrogen and oxygen atoms in total. The van der Waals surface area contributed by atoms with Gasteiger partial charge in [-0.3, -0.25) is 9.59 Å². The van der Waals surface area contributed by atoms with Crippen LogP contribution in [0.2, 0.25) is 0 Å². The predicted molar refractivity (Wildman–Crippen MR) is 71.8 cm³/mol. The van der Waals surface area contributed by atoms with Crippen molar-refractivity contribution in [3.8, 4) is 0 Å². The van der Waals surface area contributed by atoms with Gasteiger partial charge < -0.3 is 9.64 Å². The van der Waals surface area contributed by atoms with Gasteiger partial charge in [-0.05, 0) is 50.5 Å². The Morgan fingerprint density at radius 3 is 2.65 bits per heavy atom. The van der Waals surface area contributed by atoms with E-state index in [1.165, 1.54) is 23.1 Å². The summed E-state index contributed by atoms with van der Waals surface area (Å²) in [6.45, 7) is 3.66. The highest BCUT2D eigenvalue weighted by atomic mass is 19.1. The standard InChI is InChI=1S/C15H18FNO3/c1-3-20-14(18)9-17(12-5-6-12)15(19)13-7-4-11(16)8-10(13)2/h4,7-8,12H,3,5-6,9H2,1-2H3. The van der Waals surface area contributed by atoms with Crippen molar-refractivity contribution in [3.05, 3.63) is 35.1 Å². The molecule has 0 bridgehead atoms. The number of nitrogens with zero attached hydrogens (tertiary/aromatic N) is 1. The van der Waals surface area contributed by atoms with Gasteiger partial charge >= 0.3 is 5.97 Å². The van der Waals surface area contributed by atoms with Crippen molar-refractivity contribution >= 4 is 11.9 Å². The lowest BCUT2D eigenvalue weighted by Crippen LogP contribution is -2.38. The summed E-state index contributed by atoms with van der Waals surface area (Å²) in [4.78, 5) is 25.6. The van der Waals surface area contributed by atoms with Gasteiger partial charge in [-0.2, -0.15) is 0 Å². The smallest absolute Gasteiger partial charge is 0.325 e. The highest BCUT2D eigenvalue weighted by Gasteiger charge is 2.35. The zero-order valence-corrected chi connectivity index (χ0v) is 11.7. The van der Waals surface area contributed by atoms with Gasteiger partial charge in [0.05, 0.1) is 6.61 Å². The van der Waals surface area contributed by atoms with E-state index < -0.39 is 5.97 Å². The van der Waals surface area contributed by atoms with Crippen molar-refractivity contribution in [2.45, 2.75) is 32.7 Å². The van der Waals surface area contributed by atoms with Crippen LogP contribution in [0.5, 0.6) is 0 Å².